The standard InChI is InChI=1S/C41H46FN7O5.C36H38FN7O3/c1-41(2,3)54-40(51)49-23-30(42)22-32(49)27-52-38-44-35-25-46(36-15-9-13-29-12-7-8-14-33(29)36)19-17-34(35)37(45-38)47-20-21-48(31(24-47)16-18-43)39(50)53-26-28-10-5-4-6-11-28;37-27-19-28(39-20-27)24-46-35-40-32-22-42(33-12-6-10-26-9-4-5-11-30(26)33)16-14-31(32)34(41-35)43-17-18-44(29(21-43)13-15-38)36(45)47-23-25-7-2-1-3-8-25/h4-15,30-32H,16-17,19-27H2,1-3H3;1-12,27-29,39H,13-14,16-24H2/t30-,31?,32+;27-,28+,29?/m11/s1. The van der Waals surface area contributed by atoms with Gasteiger partial charge in [-0.15, -0.1) is 0 Å². The Kier molecular flexibility index (Phi) is 21.4. The van der Waals surface area contributed by atoms with Crippen LogP contribution in [0.2, 0.25) is 0 Å². The lowest BCUT2D eigenvalue weighted by Gasteiger charge is -2.42. The maximum Gasteiger partial charge on any atom is 0.410 e. The summed E-state index contributed by atoms with van der Waals surface area (Å²) in [6.07, 6.45) is -1.38. The van der Waals surface area contributed by atoms with Crippen molar-refractivity contribution in [3.8, 4) is 24.2 Å². The number of carbonyl (C=O) groups is 3. The molecule has 524 valence electrons. The molecule has 22 nitrogen and oxygen atoms in total. The van der Waals surface area contributed by atoms with Gasteiger partial charge in [-0.1, -0.05) is 133 Å². The maximum absolute atomic E-state index is 14.7. The summed E-state index contributed by atoms with van der Waals surface area (Å²) in [7, 11) is 0. The predicted octanol–water partition coefficient (Wildman–Crippen LogP) is 11.7. The molecule has 0 saturated carbocycles. The van der Waals surface area contributed by atoms with Crippen LogP contribution in [0.15, 0.2) is 146 Å². The monoisotopic (exact) mass is 1370 g/mol. The molecule has 0 aliphatic carbocycles. The normalized spacial score (nSPS) is 20.4. The zero-order chi connectivity index (χ0) is 70.0. The fourth-order valence-electron chi connectivity index (χ4n) is 14.4. The van der Waals surface area contributed by atoms with Crippen molar-refractivity contribution in [3.05, 3.63) is 179 Å². The Labute approximate surface area is 586 Å². The highest BCUT2D eigenvalue weighted by molar-refractivity contribution is 5.95. The molecule has 8 heterocycles. The van der Waals surface area contributed by atoms with Crippen LogP contribution < -0.4 is 34.4 Å². The van der Waals surface area contributed by atoms with E-state index in [1.165, 1.54) is 15.7 Å². The number of fused-ring (bicyclic) bond motifs is 4. The van der Waals surface area contributed by atoms with Crippen LogP contribution in [0.5, 0.6) is 12.0 Å². The average Bonchev–Trinajstić information content (AvgIpc) is 1.30. The van der Waals surface area contributed by atoms with Gasteiger partial charge < -0.3 is 58.4 Å². The number of nitrogens with zero attached hydrogens (tertiary/aromatic N) is 13. The SMILES string of the molecule is CC(C)(C)OC(=O)N1C[C@H](F)C[C@H]1COc1nc2c(c(N3CCN(C(=O)OCc4ccccc4)C(CC#N)C3)n1)CCN(c1cccc3ccccc13)C2.N#CCC1CN(c2nc(OC[C@@H]3C[C@@H](F)CN3)nc3c2CCN(c2cccc4ccccc24)C3)CCN1C(=O)OCc1ccccc1. The summed E-state index contributed by atoms with van der Waals surface area (Å²) in [6, 6.07) is 51.8. The van der Waals surface area contributed by atoms with Crippen LogP contribution >= 0.6 is 0 Å². The highest BCUT2D eigenvalue weighted by Crippen LogP contribution is 2.38. The minimum Gasteiger partial charge on any atom is -0.462 e. The molecule has 2 unspecified atom stereocenters. The summed E-state index contributed by atoms with van der Waals surface area (Å²) in [4.78, 5) is 72.7. The summed E-state index contributed by atoms with van der Waals surface area (Å²) in [5.41, 5.74) is 7.03. The highest BCUT2D eigenvalue weighted by Gasteiger charge is 2.41. The van der Waals surface area contributed by atoms with E-state index in [4.69, 9.17) is 43.6 Å². The average molecular weight is 1370 g/mol. The van der Waals surface area contributed by atoms with Crippen molar-refractivity contribution in [2.45, 2.75) is 128 Å². The van der Waals surface area contributed by atoms with Crippen LogP contribution in [0.3, 0.4) is 0 Å². The number of ether oxygens (including phenoxy) is 5. The molecule has 101 heavy (non-hydrogen) atoms. The number of likely N-dealkylation sites (tertiary alicyclic amines) is 1. The van der Waals surface area contributed by atoms with Crippen LogP contribution in [0.25, 0.3) is 21.5 Å². The van der Waals surface area contributed by atoms with E-state index in [0.717, 1.165) is 81.1 Å². The number of halogens is 2. The molecule has 1 N–H and O–H groups in total. The van der Waals surface area contributed by atoms with Gasteiger partial charge in [0.1, 0.15) is 56.0 Å². The molecular weight excluding hydrogens is 1290 g/mol. The molecule has 0 radical (unpaired) electrons. The summed E-state index contributed by atoms with van der Waals surface area (Å²) >= 11 is 0. The molecule has 6 aliphatic rings. The van der Waals surface area contributed by atoms with E-state index in [1.807, 2.05) is 78.9 Å². The molecule has 2 aromatic heterocycles. The van der Waals surface area contributed by atoms with Crippen molar-refractivity contribution in [2.24, 2.45) is 0 Å². The summed E-state index contributed by atoms with van der Waals surface area (Å²) < 4.78 is 57.8. The van der Waals surface area contributed by atoms with Gasteiger partial charge in [-0.3, -0.25) is 4.90 Å². The number of piperazine rings is 2. The molecule has 4 saturated heterocycles. The number of hydrogen-bond acceptors (Lipinski definition) is 19. The third kappa shape index (κ3) is 16.5. The molecule has 6 aliphatic heterocycles. The second-order valence-corrected chi connectivity index (χ2v) is 27.4. The van der Waals surface area contributed by atoms with E-state index in [1.54, 1.807) is 30.6 Å². The fourth-order valence-corrected chi connectivity index (χ4v) is 14.4. The number of nitrogens with one attached hydrogen (secondary N) is 1. The minimum absolute atomic E-state index is 0.0109. The van der Waals surface area contributed by atoms with Crippen molar-refractivity contribution in [2.75, 3.05) is 98.3 Å². The third-order valence-electron chi connectivity index (χ3n) is 19.3. The number of aromatic nitrogens is 4. The van der Waals surface area contributed by atoms with E-state index in [2.05, 4.69) is 104 Å². The number of anilines is 4. The second-order valence-electron chi connectivity index (χ2n) is 27.4. The van der Waals surface area contributed by atoms with E-state index >= 15 is 0 Å². The Bertz CT molecular complexity index is 4320. The number of rotatable bonds is 16. The van der Waals surface area contributed by atoms with Crippen LogP contribution in [0.1, 0.15) is 80.1 Å². The first-order chi connectivity index (χ1) is 49.1. The van der Waals surface area contributed by atoms with Crippen LogP contribution in [-0.2, 0) is 53.4 Å². The van der Waals surface area contributed by atoms with E-state index in [-0.39, 0.29) is 76.3 Å². The lowest BCUT2D eigenvalue weighted by molar-refractivity contribution is 0.0177. The van der Waals surface area contributed by atoms with E-state index in [9.17, 15) is 33.7 Å². The maximum atomic E-state index is 14.7. The third-order valence-corrected chi connectivity index (χ3v) is 19.3. The van der Waals surface area contributed by atoms with Crippen molar-refractivity contribution in [1.29, 1.82) is 10.5 Å². The number of alkyl halides is 2. The van der Waals surface area contributed by atoms with Gasteiger partial charge in [0.15, 0.2) is 0 Å². The van der Waals surface area contributed by atoms with E-state index < -0.39 is 48.3 Å². The Balaban J connectivity index is 0.000000182. The van der Waals surface area contributed by atoms with Gasteiger partial charge in [0.2, 0.25) is 0 Å². The molecule has 6 aromatic carbocycles. The summed E-state index contributed by atoms with van der Waals surface area (Å²) in [6.45, 7) is 11.2. The van der Waals surface area contributed by atoms with Gasteiger partial charge >= 0.3 is 30.3 Å². The van der Waals surface area contributed by atoms with Crippen molar-refractivity contribution >= 4 is 62.8 Å². The fraction of sp³-hybridized carbons (Fsp3) is 0.416. The van der Waals surface area contributed by atoms with Gasteiger partial charge in [-0.25, -0.2) is 23.2 Å². The largest absolute Gasteiger partial charge is 0.462 e. The molecule has 0 spiro atoms. The number of benzene rings is 6. The molecular formula is C77H84F2N14O8. The quantitative estimate of drug-likeness (QED) is 0.0886. The Morgan fingerprint density at radius 1 is 0.515 bits per heavy atom. The Morgan fingerprint density at radius 3 is 1.47 bits per heavy atom. The molecule has 14 rings (SSSR count). The van der Waals surface area contributed by atoms with Crippen LogP contribution in [-0.4, -0.2) is 174 Å². The number of nitriles is 2. The first-order valence-corrected chi connectivity index (χ1v) is 34.8. The molecule has 24 heteroatoms. The zero-order valence-corrected chi connectivity index (χ0v) is 57.2. The van der Waals surface area contributed by atoms with Gasteiger partial charge in [-0.05, 0) is 74.1 Å². The number of hydrogen-bond donors (Lipinski definition) is 1. The Morgan fingerprint density at radius 2 is 0.990 bits per heavy atom. The summed E-state index contributed by atoms with van der Waals surface area (Å²) in [5.74, 6) is 1.46. The molecule has 8 aromatic rings. The smallest absolute Gasteiger partial charge is 0.410 e. The van der Waals surface area contributed by atoms with Gasteiger partial charge in [0.25, 0.3) is 0 Å². The molecule has 4 fully saturated rings. The van der Waals surface area contributed by atoms with E-state index in [0.29, 0.717) is 77.6 Å². The highest BCUT2D eigenvalue weighted by atomic mass is 19.1. The lowest BCUT2D eigenvalue weighted by Crippen LogP contribution is -2.55. The first-order valence-electron chi connectivity index (χ1n) is 34.8. The van der Waals surface area contributed by atoms with Crippen LogP contribution in [0.4, 0.5) is 46.2 Å². The number of amides is 3. The predicted molar refractivity (Wildman–Crippen MR) is 379 cm³/mol. The van der Waals surface area contributed by atoms with Gasteiger partial charge in [0, 0.05) is 105 Å². The van der Waals surface area contributed by atoms with Crippen molar-refractivity contribution in [3.63, 3.8) is 0 Å². The topological polar surface area (TPSA) is 231 Å². The lowest BCUT2D eigenvalue weighted by atomic mass is 10.0. The molecule has 3 amide bonds. The summed E-state index contributed by atoms with van der Waals surface area (Å²) in [5, 5.41) is 27.3. The second kappa shape index (κ2) is 31.3. The molecule has 6 atom stereocenters. The first kappa shape index (κ1) is 68.9. The van der Waals surface area contributed by atoms with Gasteiger partial charge in [-0.2, -0.15) is 30.5 Å². The van der Waals surface area contributed by atoms with Crippen molar-refractivity contribution in [1.82, 2.24) is 40.0 Å². The zero-order valence-electron chi connectivity index (χ0n) is 57.2. The Hall–Kier alpha value is -10.6. The van der Waals surface area contributed by atoms with Gasteiger partial charge in [0.05, 0.1) is 74.1 Å². The van der Waals surface area contributed by atoms with Crippen LogP contribution in [0, 0.1) is 22.7 Å². The number of carbonyl (C=O) groups excluding carboxylic acids is 3. The minimum atomic E-state index is -1.20. The van der Waals surface area contributed by atoms with Crippen molar-refractivity contribution < 1.29 is 46.8 Å². The molecule has 0 bridgehead atoms.